The predicted molar refractivity (Wildman–Crippen MR) is 148 cm³/mol. The average Bonchev–Trinajstić information content (AvgIpc) is 2.95. The summed E-state index contributed by atoms with van der Waals surface area (Å²) in [4.78, 5) is 24.4. The smallest absolute Gasteiger partial charge is 0.268 e. The van der Waals surface area contributed by atoms with Crippen molar-refractivity contribution >= 4 is 21.9 Å². The monoisotopic (exact) mass is 536 g/mol. The van der Waals surface area contributed by atoms with Crippen molar-refractivity contribution in [1.29, 1.82) is 0 Å². The molecular formula is C29H36N4O4S. The van der Waals surface area contributed by atoms with Crippen LogP contribution < -0.4 is 14.4 Å². The van der Waals surface area contributed by atoms with Gasteiger partial charge in [-0.2, -0.15) is 0 Å². The van der Waals surface area contributed by atoms with Crippen molar-refractivity contribution in [3.8, 4) is 5.75 Å². The molecule has 0 unspecified atom stereocenters. The van der Waals surface area contributed by atoms with Crippen molar-refractivity contribution in [3.63, 3.8) is 0 Å². The van der Waals surface area contributed by atoms with Crippen molar-refractivity contribution in [3.05, 3.63) is 77.6 Å². The quantitative estimate of drug-likeness (QED) is 0.376. The summed E-state index contributed by atoms with van der Waals surface area (Å²) in [6.07, 6.45) is 9.90. The minimum Gasteiger partial charge on any atom is -0.497 e. The fourth-order valence-corrected chi connectivity index (χ4v) is 5.79. The van der Waals surface area contributed by atoms with Crippen LogP contribution in [0.25, 0.3) is 0 Å². The third-order valence-corrected chi connectivity index (χ3v) is 8.48. The molecule has 1 heterocycles. The summed E-state index contributed by atoms with van der Waals surface area (Å²) in [6, 6.07) is 16.1. The largest absolute Gasteiger partial charge is 0.497 e. The lowest BCUT2D eigenvalue weighted by atomic mass is 9.85. The SMILES string of the molecule is COc1ccc(S(=O)(=O)NC(=O)c2cnc(N(C)CCc3ccccc3)nc2CCC2CCCCC2)cc1. The van der Waals surface area contributed by atoms with Crippen LogP contribution in [0.2, 0.25) is 0 Å². The molecule has 0 spiro atoms. The van der Waals surface area contributed by atoms with E-state index in [1.165, 1.54) is 75.2 Å². The van der Waals surface area contributed by atoms with E-state index in [0.29, 0.717) is 36.3 Å². The first-order valence-corrected chi connectivity index (χ1v) is 14.7. The van der Waals surface area contributed by atoms with Gasteiger partial charge in [0.2, 0.25) is 5.95 Å². The Labute approximate surface area is 225 Å². The predicted octanol–water partition coefficient (Wildman–Crippen LogP) is 4.80. The molecular weight excluding hydrogens is 500 g/mol. The van der Waals surface area contributed by atoms with E-state index in [4.69, 9.17) is 9.72 Å². The first-order chi connectivity index (χ1) is 18.4. The Balaban J connectivity index is 1.53. The number of rotatable bonds is 11. The fourth-order valence-electron chi connectivity index (χ4n) is 4.82. The van der Waals surface area contributed by atoms with Crippen LogP contribution in [0.4, 0.5) is 5.95 Å². The number of nitrogens with one attached hydrogen (secondary N) is 1. The lowest BCUT2D eigenvalue weighted by Crippen LogP contribution is -2.32. The van der Waals surface area contributed by atoms with Gasteiger partial charge in [-0.15, -0.1) is 0 Å². The van der Waals surface area contributed by atoms with Crippen LogP contribution in [0.15, 0.2) is 65.7 Å². The summed E-state index contributed by atoms with van der Waals surface area (Å²) < 4.78 is 33.1. The van der Waals surface area contributed by atoms with E-state index in [9.17, 15) is 13.2 Å². The molecule has 0 radical (unpaired) electrons. The van der Waals surface area contributed by atoms with Crippen LogP contribution in [-0.2, 0) is 22.9 Å². The van der Waals surface area contributed by atoms with Gasteiger partial charge in [-0.1, -0.05) is 62.4 Å². The number of aryl methyl sites for hydroxylation is 1. The molecule has 202 valence electrons. The van der Waals surface area contributed by atoms with Gasteiger partial charge >= 0.3 is 0 Å². The number of nitrogens with zero attached hydrogens (tertiary/aromatic N) is 3. The molecule has 1 N–H and O–H groups in total. The molecule has 0 saturated heterocycles. The lowest BCUT2D eigenvalue weighted by Gasteiger charge is -2.22. The highest BCUT2D eigenvalue weighted by Gasteiger charge is 2.24. The van der Waals surface area contributed by atoms with Crippen LogP contribution in [-0.4, -0.2) is 45.0 Å². The molecule has 3 aromatic rings. The number of carbonyl (C=O) groups excluding carboxylic acids is 1. The van der Waals surface area contributed by atoms with E-state index < -0.39 is 15.9 Å². The number of likely N-dealkylation sites (N-methyl/N-ethyl adjacent to an activating group) is 1. The second kappa shape index (κ2) is 12.9. The molecule has 1 aromatic heterocycles. The molecule has 1 aliphatic rings. The Morgan fingerprint density at radius 3 is 2.42 bits per heavy atom. The Morgan fingerprint density at radius 1 is 1.03 bits per heavy atom. The summed E-state index contributed by atoms with van der Waals surface area (Å²) in [6.45, 7) is 0.712. The number of ether oxygens (including phenoxy) is 1. The third-order valence-electron chi connectivity index (χ3n) is 7.13. The van der Waals surface area contributed by atoms with E-state index in [1.54, 1.807) is 0 Å². The van der Waals surface area contributed by atoms with Gasteiger partial charge < -0.3 is 9.64 Å². The molecule has 2 aromatic carbocycles. The highest BCUT2D eigenvalue weighted by molar-refractivity contribution is 7.90. The standard InChI is InChI=1S/C29H36N4O4S/c1-33(20-19-23-11-7-4-8-12-23)29-30-21-26(27(31-29)18-13-22-9-5-3-6-10-22)28(34)32-38(35,36)25-16-14-24(37-2)15-17-25/h4,7-8,11-12,14-17,21-22H,3,5-6,9-10,13,18-20H2,1-2H3,(H,32,34). The first-order valence-electron chi connectivity index (χ1n) is 13.2. The van der Waals surface area contributed by atoms with Gasteiger partial charge in [-0.3, -0.25) is 4.79 Å². The van der Waals surface area contributed by atoms with Crippen molar-refractivity contribution in [2.24, 2.45) is 5.92 Å². The maximum absolute atomic E-state index is 13.2. The van der Waals surface area contributed by atoms with E-state index >= 15 is 0 Å². The highest BCUT2D eigenvalue weighted by Crippen LogP contribution is 2.28. The van der Waals surface area contributed by atoms with Crippen LogP contribution in [0.3, 0.4) is 0 Å². The van der Waals surface area contributed by atoms with Crippen LogP contribution >= 0.6 is 0 Å². The summed E-state index contributed by atoms with van der Waals surface area (Å²) in [5, 5.41) is 0. The lowest BCUT2D eigenvalue weighted by molar-refractivity contribution is 0.0979. The van der Waals surface area contributed by atoms with Gasteiger partial charge in [-0.05, 0) is 55.0 Å². The Morgan fingerprint density at radius 2 is 1.74 bits per heavy atom. The normalized spacial score (nSPS) is 14.2. The molecule has 38 heavy (non-hydrogen) atoms. The molecule has 0 bridgehead atoms. The topological polar surface area (TPSA) is 101 Å². The second-order valence-corrected chi connectivity index (χ2v) is 11.5. The molecule has 9 heteroatoms. The molecule has 1 amide bonds. The van der Waals surface area contributed by atoms with E-state index in [-0.39, 0.29) is 10.5 Å². The van der Waals surface area contributed by atoms with Crippen LogP contribution in [0.5, 0.6) is 5.75 Å². The zero-order valence-corrected chi connectivity index (χ0v) is 22.9. The van der Waals surface area contributed by atoms with Crippen molar-refractivity contribution < 1.29 is 17.9 Å². The fraction of sp³-hybridized carbons (Fsp3) is 0.414. The van der Waals surface area contributed by atoms with Gasteiger partial charge in [0.05, 0.1) is 23.3 Å². The van der Waals surface area contributed by atoms with E-state index in [0.717, 1.165) is 12.8 Å². The number of hydrogen-bond donors (Lipinski definition) is 1. The molecule has 0 aliphatic heterocycles. The first kappa shape index (κ1) is 27.6. The molecule has 1 aliphatic carbocycles. The van der Waals surface area contributed by atoms with E-state index in [1.807, 2.05) is 30.1 Å². The maximum atomic E-state index is 13.2. The number of aromatic nitrogens is 2. The minimum atomic E-state index is -4.07. The summed E-state index contributed by atoms with van der Waals surface area (Å²) in [5.41, 5.74) is 1.99. The van der Waals surface area contributed by atoms with Crippen LogP contribution in [0, 0.1) is 5.92 Å². The minimum absolute atomic E-state index is 0.0198. The summed E-state index contributed by atoms with van der Waals surface area (Å²) in [5.74, 6) is 0.921. The van der Waals surface area contributed by atoms with Crippen molar-refractivity contribution in [1.82, 2.24) is 14.7 Å². The van der Waals surface area contributed by atoms with Crippen molar-refractivity contribution in [2.75, 3.05) is 25.6 Å². The van der Waals surface area contributed by atoms with Crippen LogP contribution in [0.1, 0.15) is 60.1 Å². The second-order valence-electron chi connectivity index (χ2n) is 9.84. The Hall–Kier alpha value is -3.46. The number of benzene rings is 2. The van der Waals surface area contributed by atoms with Gasteiger partial charge in [0.1, 0.15) is 5.75 Å². The average molecular weight is 537 g/mol. The number of sulfonamides is 1. The molecule has 4 rings (SSSR count). The summed E-state index contributed by atoms with van der Waals surface area (Å²) in [7, 11) is -0.641. The summed E-state index contributed by atoms with van der Waals surface area (Å²) >= 11 is 0. The molecule has 1 fully saturated rings. The Kier molecular flexibility index (Phi) is 9.33. The Bertz CT molecular complexity index is 1310. The molecule has 1 saturated carbocycles. The molecule has 0 atom stereocenters. The number of carbonyl (C=O) groups is 1. The van der Waals surface area contributed by atoms with Gasteiger partial charge in [0.25, 0.3) is 15.9 Å². The number of amides is 1. The maximum Gasteiger partial charge on any atom is 0.268 e. The zero-order valence-electron chi connectivity index (χ0n) is 22.1. The highest BCUT2D eigenvalue weighted by atomic mass is 32.2. The molecule has 8 nitrogen and oxygen atoms in total. The number of anilines is 1. The number of hydrogen-bond acceptors (Lipinski definition) is 7. The van der Waals surface area contributed by atoms with Gasteiger partial charge in [-0.25, -0.2) is 23.1 Å². The van der Waals surface area contributed by atoms with Gasteiger partial charge in [0, 0.05) is 19.8 Å². The van der Waals surface area contributed by atoms with Crippen molar-refractivity contribution in [2.45, 2.75) is 56.3 Å². The third kappa shape index (κ3) is 7.31. The zero-order chi connectivity index (χ0) is 27.0. The van der Waals surface area contributed by atoms with Gasteiger partial charge in [0.15, 0.2) is 0 Å². The van der Waals surface area contributed by atoms with E-state index in [2.05, 4.69) is 21.8 Å². The number of methoxy groups -OCH3 is 1.